The van der Waals surface area contributed by atoms with E-state index in [4.69, 9.17) is 5.26 Å². The van der Waals surface area contributed by atoms with Gasteiger partial charge in [-0.05, 0) is 37.4 Å². The molecule has 2 atom stereocenters. The normalized spacial score (nSPS) is 18.6. The van der Waals surface area contributed by atoms with E-state index in [-0.39, 0.29) is 17.1 Å². The molecule has 22 heavy (non-hydrogen) atoms. The summed E-state index contributed by atoms with van der Waals surface area (Å²) in [6, 6.07) is 8.27. The fraction of sp³-hybridized carbons (Fsp3) is 0.400. The molecule has 116 valence electrons. The van der Waals surface area contributed by atoms with Crippen molar-refractivity contribution in [2.45, 2.75) is 18.2 Å². The highest BCUT2D eigenvalue weighted by molar-refractivity contribution is 8.00. The van der Waals surface area contributed by atoms with Crippen LogP contribution in [0.15, 0.2) is 24.3 Å². The minimum absolute atomic E-state index is 0.00233. The second-order valence-electron chi connectivity index (χ2n) is 4.88. The molecule has 1 heterocycles. The van der Waals surface area contributed by atoms with Crippen LogP contribution in [0, 0.1) is 11.3 Å². The minimum atomic E-state index is -0.442. The third-order valence-corrected chi connectivity index (χ3v) is 5.37. The number of carbonyl (C=O) groups excluding carboxylic acids is 2. The summed E-state index contributed by atoms with van der Waals surface area (Å²) in [6.07, 6.45) is 1.89. The van der Waals surface area contributed by atoms with E-state index in [9.17, 15) is 9.59 Å². The molecule has 0 radical (unpaired) electrons. The molecule has 1 aliphatic rings. The minimum Gasteiger partial charge on any atom is -0.324 e. The van der Waals surface area contributed by atoms with Crippen molar-refractivity contribution in [3.8, 4) is 6.07 Å². The van der Waals surface area contributed by atoms with E-state index in [1.807, 2.05) is 19.2 Å². The molecule has 0 aromatic heterocycles. The monoisotopic (exact) mass is 335 g/mol. The summed E-state index contributed by atoms with van der Waals surface area (Å²) in [5.74, 6) is 0.971. The van der Waals surface area contributed by atoms with Gasteiger partial charge >= 0.3 is 0 Å². The number of carbonyl (C=O) groups is 2. The lowest BCUT2D eigenvalue weighted by molar-refractivity contribution is -0.135. The van der Waals surface area contributed by atoms with Crippen molar-refractivity contribution in [3.63, 3.8) is 0 Å². The summed E-state index contributed by atoms with van der Waals surface area (Å²) in [5.41, 5.74) is 1.17. The molecule has 0 aliphatic carbocycles. The third kappa shape index (κ3) is 3.76. The molecule has 1 aromatic rings. The lowest BCUT2D eigenvalue weighted by Crippen LogP contribution is -2.47. The van der Waals surface area contributed by atoms with Crippen molar-refractivity contribution >= 4 is 41.0 Å². The molecule has 7 heteroatoms. The highest BCUT2D eigenvalue weighted by Gasteiger charge is 2.36. The molecule has 5 nitrogen and oxygen atoms in total. The first-order chi connectivity index (χ1) is 10.6. The standard InChI is InChI=1S/C15H17N3O2S2/c1-10(21-2)15(20)18-9-22-8-13(18)14(19)17-12-5-3-11(7-16)4-6-12/h3-6,10,13H,8-9H2,1-2H3,(H,17,19). The summed E-state index contributed by atoms with van der Waals surface area (Å²) in [6.45, 7) is 1.85. The zero-order valence-electron chi connectivity index (χ0n) is 12.4. The van der Waals surface area contributed by atoms with E-state index in [1.54, 1.807) is 40.9 Å². The Morgan fingerprint density at radius 3 is 2.73 bits per heavy atom. The summed E-state index contributed by atoms with van der Waals surface area (Å²) in [4.78, 5) is 26.4. The van der Waals surface area contributed by atoms with Gasteiger partial charge in [0.2, 0.25) is 11.8 Å². The smallest absolute Gasteiger partial charge is 0.248 e. The summed E-state index contributed by atoms with van der Waals surface area (Å²) in [5, 5.41) is 11.4. The van der Waals surface area contributed by atoms with Crippen molar-refractivity contribution < 1.29 is 9.59 Å². The third-order valence-electron chi connectivity index (χ3n) is 3.45. The lowest BCUT2D eigenvalue weighted by atomic mass is 10.2. The molecule has 1 fully saturated rings. The topological polar surface area (TPSA) is 73.2 Å². The number of thioether (sulfide) groups is 2. The van der Waals surface area contributed by atoms with Crippen LogP contribution in [0.3, 0.4) is 0 Å². The Labute approximate surface area is 138 Å². The number of anilines is 1. The number of nitrogens with one attached hydrogen (secondary N) is 1. The molecule has 1 N–H and O–H groups in total. The van der Waals surface area contributed by atoms with Crippen LogP contribution >= 0.6 is 23.5 Å². The Balaban J connectivity index is 2.04. The van der Waals surface area contributed by atoms with Gasteiger partial charge in [-0.15, -0.1) is 11.8 Å². The van der Waals surface area contributed by atoms with Gasteiger partial charge < -0.3 is 10.2 Å². The molecule has 0 saturated carbocycles. The molecule has 1 aromatic carbocycles. The number of nitriles is 1. The molecule has 0 spiro atoms. The van der Waals surface area contributed by atoms with Gasteiger partial charge in [0.15, 0.2) is 0 Å². The Hall–Kier alpha value is -1.65. The summed E-state index contributed by atoms with van der Waals surface area (Å²) >= 11 is 3.06. The molecule has 2 amide bonds. The molecular weight excluding hydrogens is 318 g/mol. The molecule has 1 saturated heterocycles. The zero-order chi connectivity index (χ0) is 16.1. The molecule has 2 rings (SSSR count). The van der Waals surface area contributed by atoms with Crippen molar-refractivity contribution in [2.24, 2.45) is 0 Å². The van der Waals surface area contributed by atoms with Crippen molar-refractivity contribution in [1.82, 2.24) is 4.90 Å². The van der Waals surface area contributed by atoms with Gasteiger partial charge in [-0.25, -0.2) is 0 Å². The summed E-state index contributed by atoms with van der Waals surface area (Å²) < 4.78 is 0. The SMILES string of the molecule is CSC(C)C(=O)N1CSCC1C(=O)Nc1ccc(C#N)cc1. The molecular formula is C15H17N3O2S2. The first-order valence-corrected chi connectivity index (χ1v) is 9.23. The second kappa shape index (κ2) is 7.56. The van der Waals surface area contributed by atoms with E-state index in [2.05, 4.69) is 5.32 Å². The first-order valence-electron chi connectivity index (χ1n) is 6.79. The van der Waals surface area contributed by atoms with Crippen LogP contribution in [0.5, 0.6) is 0 Å². The van der Waals surface area contributed by atoms with Crippen LogP contribution in [0.25, 0.3) is 0 Å². The van der Waals surface area contributed by atoms with Crippen molar-refractivity contribution in [2.75, 3.05) is 23.2 Å². The molecule has 2 unspecified atom stereocenters. The van der Waals surface area contributed by atoms with Crippen molar-refractivity contribution in [3.05, 3.63) is 29.8 Å². The van der Waals surface area contributed by atoms with Crippen molar-refractivity contribution in [1.29, 1.82) is 5.26 Å². The maximum atomic E-state index is 12.4. The Bertz CT molecular complexity index is 598. The van der Waals surface area contributed by atoms with Gasteiger partial charge in [-0.3, -0.25) is 9.59 Å². The number of hydrogen-bond acceptors (Lipinski definition) is 5. The Kier molecular flexibility index (Phi) is 5.75. The van der Waals surface area contributed by atoms with Gasteiger partial charge in [0.1, 0.15) is 6.04 Å². The van der Waals surface area contributed by atoms with Crippen LogP contribution in [0.4, 0.5) is 5.69 Å². The van der Waals surface area contributed by atoms with E-state index >= 15 is 0 Å². The average Bonchev–Trinajstić information content (AvgIpc) is 3.03. The predicted molar refractivity (Wildman–Crippen MR) is 90.7 cm³/mol. The van der Waals surface area contributed by atoms with Crippen LogP contribution < -0.4 is 5.32 Å². The van der Waals surface area contributed by atoms with Gasteiger partial charge in [0.05, 0.1) is 22.8 Å². The highest BCUT2D eigenvalue weighted by atomic mass is 32.2. The van der Waals surface area contributed by atoms with E-state index in [0.717, 1.165) is 0 Å². The molecule has 1 aliphatic heterocycles. The van der Waals surface area contributed by atoms with Gasteiger partial charge in [0.25, 0.3) is 0 Å². The second-order valence-corrected chi connectivity index (χ2v) is 7.06. The van der Waals surface area contributed by atoms with E-state index < -0.39 is 6.04 Å². The summed E-state index contributed by atoms with van der Waals surface area (Å²) in [7, 11) is 0. The van der Waals surface area contributed by atoms with Crippen LogP contribution in [0.1, 0.15) is 12.5 Å². The largest absolute Gasteiger partial charge is 0.324 e. The number of amides is 2. The predicted octanol–water partition coefficient (Wildman–Crippen LogP) is 2.15. The number of benzene rings is 1. The van der Waals surface area contributed by atoms with Crippen LogP contribution in [-0.4, -0.2) is 45.9 Å². The fourth-order valence-corrected chi connectivity index (χ4v) is 3.57. The zero-order valence-corrected chi connectivity index (χ0v) is 14.0. The van der Waals surface area contributed by atoms with Crippen LogP contribution in [0.2, 0.25) is 0 Å². The van der Waals surface area contributed by atoms with Gasteiger partial charge in [-0.2, -0.15) is 17.0 Å². The number of rotatable bonds is 4. The highest BCUT2D eigenvalue weighted by Crippen LogP contribution is 2.25. The number of hydrogen-bond donors (Lipinski definition) is 1. The van der Waals surface area contributed by atoms with Gasteiger partial charge in [0, 0.05) is 11.4 Å². The maximum Gasteiger partial charge on any atom is 0.248 e. The Morgan fingerprint density at radius 1 is 1.45 bits per heavy atom. The van der Waals surface area contributed by atoms with E-state index in [1.165, 1.54) is 11.8 Å². The molecule has 0 bridgehead atoms. The lowest BCUT2D eigenvalue weighted by Gasteiger charge is -2.25. The van der Waals surface area contributed by atoms with Crippen LogP contribution in [-0.2, 0) is 9.59 Å². The first kappa shape index (κ1) is 16.7. The van der Waals surface area contributed by atoms with E-state index in [0.29, 0.717) is 22.9 Å². The average molecular weight is 335 g/mol. The maximum absolute atomic E-state index is 12.4. The number of nitrogens with zero attached hydrogens (tertiary/aromatic N) is 2. The quantitative estimate of drug-likeness (QED) is 0.913. The Morgan fingerprint density at radius 2 is 2.14 bits per heavy atom. The fourth-order valence-electron chi connectivity index (χ4n) is 2.07. The van der Waals surface area contributed by atoms with Gasteiger partial charge in [-0.1, -0.05) is 0 Å².